The summed E-state index contributed by atoms with van der Waals surface area (Å²) >= 11 is 3.49. The fourth-order valence-electron chi connectivity index (χ4n) is 2.19. The first-order valence-corrected chi connectivity index (χ1v) is 7.29. The van der Waals surface area contributed by atoms with Crippen LogP contribution in [0, 0.1) is 5.82 Å². The number of hydrogen-bond acceptors (Lipinski definition) is 2. The first-order valence-electron chi connectivity index (χ1n) is 6.49. The second kappa shape index (κ2) is 6.37. The average Bonchev–Trinajstić information content (AvgIpc) is 2.46. The topological polar surface area (TPSA) is 15.3 Å². The van der Waals surface area contributed by atoms with Gasteiger partial charge in [-0.25, -0.2) is 4.39 Å². The zero-order valence-corrected chi connectivity index (χ0v) is 13.4. The van der Waals surface area contributed by atoms with Crippen molar-refractivity contribution in [1.82, 2.24) is 5.32 Å². The standard InChI is InChI=1S/C16H18BrFN2/c1-11(19-2)13-10-12(17)8-9-15(13)20(3)16-7-5-4-6-14(16)18/h4-11,19H,1-3H3. The summed E-state index contributed by atoms with van der Waals surface area (Å²) in [7, 11) is 3.80. The predicted molar refractivity (Wildman–Crippen MR) is 86.1 cm³/mol. The summed E-state index contributed by atoms with van der Waals surface area (Å²) < 4.78 is 15.0. The highest BCUT2D eigenvalue weighted by atomic mass is 79.9. The molecule has 0 heterocycles. The maximum Gasteiger partial charge on any atom is 0.146 e. The number of halogens is 2. The molecule has 0 spiro atoms. The molecule has 0 saturated heterocycles. The van der Waals surface area contributed by atoms with Crippen LogP contribution in [0.3, 0.4) is 0 Å². The van der Waals surface area contributed by atoms with Crippen LogP contribution in [-0.4, -0.2) is 14.1 Å². The number of para-hydroxylation sites is 1. The Hall–Kier alpha value is -1.39. The number of benzene rings is 2. The highest BCUT2D eigenvalue weighted by Crippen LogP contribution is 2.33. The summed E-state index contributed by atoms with van der Waals surface area (Å²) in [5, 5.41) is 3.23. The van der Waals surface area contributed by atoms with Crippen LogP contribution in [0.4, 0.5) is 15.8 Å². The van der Waals surface area contributed by atoms with Crippen molar-refractivity contribution >= 4 is 27.3 Å². The molecular weight excluding hydrogens is 319 g/mol. The SMILES string of the molecule is CNC(C)c1cc(Br)ccc1N(C)c1ccccc1F. The van der Waals surface area contributed by atoms with E-state index in [1.54, 1.807) is 12.1 Å². The van der Waals surface area contributed by atoms with E-state index in [-0.39, 0.29) is 11.9 Å². The van der Waals surface area contributed by atoms with E-state index < -0.39 is 0 Å². The molecule has 0 amide bonds. The summed E-state index contributed by atoms with van der Waals surface area (Å²) in [6.45, 7) is 2.08. The molecule has 0 aliphatic heterocycles. The predicted octanol–water partition coefficient (Wildman–Crippen LogP) is 4.64. The van der Waals surface area contributed by atoms with Gasteiger partial charge in [-0.2, -0.15) is 0 Å². The minimum atomic E-state index is -0.221. The lowest BCUT2D eigenvalue weighted by Gasteiger charge is -2.25. The second-order valence-corrected chi connectivity index (χ2v) is 5.64. The summed E-state index contributed by atoms with van der Waals surface area (Å²) in [6.07, 6.45) is 0. The van der Waals surface area contributed by atoms with Crippen LogP contribution in [0.2, 0.25) is 0 Å². The Kier molecular flexibility index (Phi) is 4.78. The average molecular weight is 337 g/mol. The third kappa shape index (κ3) is 3.02. The molecule has 0 bridgehead atoms. The van der Waals surface area contributed by atoms with Gasteiger partial charge in [0.2, 0.25) is 0 Å². The van der Waals surface area contributed by atoms with Gasteiger partial charge in [0, 0.05) is 23.2 Å². The quantitative estimate of drug-likeness (QED) is 0.875. The molecule has 0 aliphatic carbocycles. The number of rotatable bonds is 4. The molecule has 106 valence electrons. The van der Waals surface area contributed by atoms with Crippen molar-refractivity contribution in [1.29, 1.82) is 0 Å². The molecule has 0 saturated carbocycles. The van der Waals surface area contributed by atoms with Crippen molar-refractivity contribution in [2.24, 2.45) is 0 Å². The first-order chi connectivity index (χ1) is 9.54. The smallest absolute Gasteiger partial charge is 0.146 e. The lowest BCUT2D eigenvalue weighted by atomic mass is 10.0. The Morgan fingerprint density at radius 2 is 1.85 bits per heavy atom. The number of hydrogen-bond donors (Lipinski definition) is 1. The monoisotopic (exact) mass is 336 g/mol. The van der Waals surface area contributed by atoms with Crippen LogP contribution in [0.25, 0.3) is 0 Å². The second-order valence-electron chi connectivity index (χ2n) is 4.72. The van der Waals surface area contributed by atoms with Crippen LogP contribution in [0.5, 0.6) is 0 Å². The minimum Gasteiger partial charge on any atom is -0.342 e. The van der Waals surface area contributed by atoms with Crippen LogP contribution < -0.4 is 10.2 Å². The van der Waals surface area contributed by atoms with E-state index in [0.29, 0.717) is 5.69 Å². The van der Waals surface area contributed by atoms with Crippen molar-refractivity contribution in [2.45, 2.75) is 13.0 Å². The molecule has 2 rings (SSSR count). The lowest BCUT2D eigenvalue weighted by molar-refractivity contribution is 0.626. The van der Waals surface area contributed by atoms with Gasteiger partial charge < -0.3 is 10.2 Å². The summed E-state index contributed by atoms with van der Waals surface area (Å²) in [5.41, 5.74) is 2.67. The third-order valence-electron chi connectivity index (χ3n) is 3.46. The molecule has 20 heavy (non-hydrogen) atoms. The van der Waals surface area contributed by atoms with Crippen molar-refractivity contribution in [3.63, 3.8) is 0 Å². The molecule has 1 N–H and O–H groups in total. The number of nitrogens with one attached hydrogen (secondary N) is 1. The van der Waals surface area contributed by atoms with Crippen LogP contribution in [0.15, 0.2) is 46.9 Å². The molecule has 1 unspecified atom stereocenters. The zero-order valence-electron chi connectivity index (χ0n) is 11.8. The van der Waals surface area contributed by atoms with Gasteiger partial charge >= 0.3 is 0 Å². The Balaban J connectivity index is 2.49. The molecule has 2 aromatic carbocycles. The minimum absolute atomic E-state index is 0.178. The van der Waals surface area contributed by atoms with E-state index in [1.807, 2.05) is 37.2 Å². The van der Waals surface area contributed by atoms with Gasteiger partial charge in [-0.1, -0.05) is 28.1 Å². The Labute approximate surface area is 127 Å². The highest BCUT2D eigenvalue weighted by molar-refractivity contribution is 9.10. The summed E-state index contributed by atoms with van der Waals surface area (Å²) in [6, 6.07) is 13.0. The molecule has 4 heteroatoms. The Morgan fingerprint density at radius 3 is 2.50 bits per heavy atom. The van der Waals surface area contributed by atoms with Crippen LogP contribution in [0.1, 0.15) is 18.5 Å². The first kappa shape index (κ1) is 15.0. The number of nitrogens with zero attached hydrogens (tertiary/aromatic N) is 1. The molecule has 2 aromatic rings. The van der Waals surface area contributed by atoms with Crippen molar-refractivity contribution < 1.29 is 4.39 Å². The molecule has 0 fully saturated rings. The zero-order chi connectivity index (χ0) is 14.7. The van der Waals surface area contributed by atoms with Gasteiger partial charge in [-0.05, 0) is 49.9 Å². The van der Waals surface area contributed by atoms with Gasteiger partial charge in [0.15, 0.2) is 0 Å². The maximum atomic E-state index is 14.0. The molecule has 1 atom stereocenters. The third-order valence-corrected chi connectivity index (χ3v) is 3.96. The largest absolute Gasteiger partial charge is 0.342 e. The van der Waals surface area contributed by atoms with E-state index in [4.69, 9.17) is 0 Å². The van der Waals surface area contributed by atoms with Gasteiger partial charge in [0.25, 0.3) is 0 Å². The molecule has 2 nitrogen and oxygen atoms in total. The lowest BCUT2D eigenvalue weighted by Crippen LogP contribution is -2.19. The maximum absolute atomic E-state index is 14.0. The van der Waals surface area contributed by atoms with E-state index in [1.165, 1.54) is 6.07 Å². The van der Waals surface area contributed by atoms with E-state index >= 15 is 0 Å². The normalized spacial score (nSPS) is 12.2. The van der Waals surface area contributed by atoms with Gasteiger partial charge in [0.1, 0.15) is 5.82 Å². The molecule has 0 aliphatic rings. The Morgan fingerprint density at radius 1 is 1.15 bits per heavy atom. The van der Waals surface area contributed by atoms with Gasteiger partial charge in [-0.3, -0.25) is 0 Å². The fraction of sp³-hybridized carbons (Fsp3) is 0.250. The summed E-state index contributed by atoms with van der Waals surface area (Å²) in [5.74, 6) is -0.221. The van der Waals surface area contributed by atoms with E-state index in [0.717, 1.165) is 15.7 Å². The Bertz CT molecular complexity index is 601. The molecule has 0 aromatic heterocycles. The van der Waals surface area contributed by atoms with Gasteiger partial charge in [-0.15, -0.1) is 0 Å². The summed E-state index contributed by atoms with van der Waals surface area (Å²) in [4.78, 5) is 1.88. The molecular formula is C16H18BrFN2. The van der Waals surface area contributed by atoms with Crippen molar-refractivity contribution in [3.8, 4) is 0 Å². The van der Waals surface area contributed by atoms with Gasteiger partial charge in [0.05, 0.1) is 5.69 Å². The van der Waals surface area contributed by atoms with Crippen LogP contribution >= 0.6 is 15.9 Å². The van der Waals surface area contributed by atoms with Crippen LogP contribution in [-0.2, 0) is 0 Å². The fourth-order valence-corrected chi connectivity index (χ4v) is 2.57. The van der Waals surface area contributed by atoms with Crippen molar-refractivity contribution in [3.05, 3.63) is 58.3 Å². The highest BCUT2D eigenvalue weighted by Gasteiger charge is 2.16. The van der Waals surface area contributed by atoms with Crippen molar-refractivity contribution in [2.75, 3.05) is 19.0 Å². The molecule has 0 radical (unpaired) electrons. The van der Waals surface area contributed by atoms with E-state index in [9.17, 15) is 4.39 Å². The number of anilines is 2. The van der Waals surface area contributed by atoms with E-state index in [2.05, 4.69) is 34.2 Å².